The van der Waals surface area contributed by atoms with Gasteiger partial charge in [0, 0.05) is 32.3 Å². The van der Waals surface area contributed by atoms with Crippen LogP contribution in [0.2, 0.25) is 0 Å². The Morgan fingerprint density at radius 2 is 2.05 bits per heavy atom. The van der Waals surface area contributed by atoms with Crippen LogP contribution in [0.1, 0.15) is 32.6 Å². The zero-order valence-corrected chi connectivity index (χ0v) is 12.2. The van der Waals surface area contributed by atoms with Crippen molar-refractivity contribution in [3.8, 4) is 0 Å². The fraction of sp³-hybridized carbons (Fsp3) is 0.857. The van der Waals surface area contributed by atoms with E-state index in [-0.39, 0.29) is 18.0 Å². The van der Waals surface area contributed by atoms with Gasteiger partial charge in [0.15, 0.2) is 0 Å². The molecule has 0 radical (unpaired) electrons. The highest BCUT2D eigenvalue weighted by atomic mass is 16.5. The van der Waals surface area contributed by atoms with E-state index in [4.69, 9.17) is 9.84 Å². The van der Waals surface area contributed by atoms with Crippen molar-refractivity contribution in [1.82, 2.24) is 9.80 Å². The highest BCUT2D eigenvalue weighted by Gasteiger charge is 2.38. The predicted octanol–water partition coefficient (Wildman–Crippen LogP) is 1.40. The molecule has 1 aliphatic carbocycles. The van der Waals surface area contributed by atoms with Gasteiger partial charge in [0.25, 0.3) is 0 Å². The quantitative estimate of drug-likeness (QED) is 0.828. The summed E-state index contributed by atoms with van der Waals surface area (Å²) in [6, 6.07) is 0.379. The van der Waals surface area contributed by atoms with Crippen LogP contribution in [-0.2, 0) is 9.53 Å². The lowest BCUT2D eigenvalue weighted by molar-refractivity contribution is -0.143. The fourth-order valence-corrected chi connectivity index (χ4v) is 2.86. The number of nitrogens with zero attached hydrogens (tertiary/aromatic N) is 2. The van der Waals surface area contributed by atoms with Crippen LogP contribution in [0.15, 0.2) is 0 Å². The molecule has 6 heteroatoms. The zero-order valence-electron chi connectivity index (χ0n) is 12.2. The van der Waals surface area contributed by atoms with Crippen LogP contribution in [0.5, 0.6) is 0 Å². The Labute approximate surface area is 119 Å². The third-order valence-electron chi connectivity index (χ3n) is 4.24. The summed E-state index contributed by atoms with van der Waals surface area (Å²) in [6.45, 7) is 3.63. The molecule has 1 N–H and O–H groups in total. The molecular weight excluding hydrogens is 260 g/mol. The van der Waals surface area contributed by atoms with E-state index in [9.17, 15) is 9.59 Å². The van der Waals surface area contributed by atoms with Gasteiger partial charge in [0.2, 0.25) is 0 Å². The van der Waals surface area contributed by atoms with Crippen LogP contribution < -0.4 is 0 Å². The monoisotopic (exact) mass is 284 g/mol. The third-order valence-corrected chi connectivity index (χ3v) is 4.24. The number of carbonyl (C=O) groups excluding carboxylic acids is 1. The first-order valence-corrected chi connectivity index (χ1v) is 7.33. The number of carboxylic acids is 1. The maximum Gasteiger partial charge on any atom is 0.320 e. The summed E-state index contributed by atoms with van der Waals surface area (Å²) in [5, 5.41) is 9.07. The lowest BCUT2D eigenvalue weighted by atomic mass is 9.92. The van der Waals surface area contributed by atoms with Gasteiger partial charge >= 0.3 is 12.0 Å². The molecule has 2 unspecified atom stereocenters. The van der Waals surface area contributed by atoms with Crippen molar-refractivity contribution in [3.05, 3.63) is 0 Å². The molecule has 2 rings (SSSR count). The first-order chi connectivity index (χ1) is 9.54. The van der Waals surface area contributed by atoms with Gasteiger partial charge in [-0.3, -0.25) is 4.79 Å². The summed E-state index contributed by atoms with van der Waals surface area (Å²) in [7, 11) is 1.64. The van der Waals surface area contributed by atoms with Gasteiger partial charge in [-0.25, -0.2) is 4.79 Å². The standard InChI is InChI=1S/C14H24N2O4/c1-10-9-11(13(17)18)5-6-15(10)14(19)16(7-8-20-2)12-3-4-12/h10-12H,3-9H2,1-2H3,(H,17,18). The maximum absolute atomic E-state index is 12.6. The second-order valence-corrected chi connectivity index (χ2v) is 5.80. The number of amides is 2. The van der Waals surface area contributed by atoms with Crippen LogP contribution >= 0.6 is 0 Å². The molecule has 1 aliphatic heterocycles. The summed E-state index contributed by atoms with van der Waals surface area (Å²) in [5.41, 5.74) is 0. The second-order valence-electron chi connectivity index (χ2n) is 5.80. The van der Waals surface area contributed by atoms with Crippen LogP contribution in [0.3, 0.4) is 0 Å². The lowest BCUT2D eigenvalue weighted by Gasteiger charge is -2.39. The molecular formula is C14H24N2O4. The summed E-state index contributed by atoms with van der Waals surface area (Å²) in [4.78, 5) is 27.4. The van der Waals surface area contributed by atoms with E-state index in [1.54, 1.807) is 7.11 Å². The number of methoxy groups -OCH3 is 1. The number of piperidine rings is 1. The minimum Gasteiger partial charge on any atom is -0.481 e. The topological polar surface area (TPSA) is 70.1 Å². The molecule has 0 aromatic rings. The highest BCUT2D eigenvalue weighted by molar-refractivity contribution is 5.76. The molecule has 1 saturated carbocycles. The molecule has 114 valence electrons. The average Bonchev–Trinajstić information content (AvgIpc) is 3.23. The van der Waals surface area contributed by atoms with E-state index in [1.165, 1.54) is 0 Å². The fourth-order valence-electron chi connectivity index (χ4n) is 2.86. The van der Waals surface area contributed by atoms with E-state index in [0.717, 1.165) is 12.8 Å². The van der Waals surface area contributed by atoms with E-state index >= 15 is 0 Å². The van der Waals surface area contributed by atoms with Crippen molar-refractivity contribution in [3.63, 3.8) is 0 Å². The third kappa shape index (κ3) is 3.42. The molecule has 0 aromatic carbocycles. The number of aliphatic carboxylic acids is 1. The Morgan fingerprint density at radius 3 is 2.55 bits per heavy atom. The van der Waals surface area contributed by atoms with Gasteiger partial charge in [0.1, 0.15) is 0 Å². The Morgan fingerprint density at radius 1 is 1.35 bits per heavy atom. The smallest absolute Gasteiger partial charge is 0.320 e. The van der Waals surface area contributed by atoms with Crippen LogP contribution in [-0.4, -0.2) is 65.8 Å². The molecule has 1 heterocycles. The zero-order chi connectivity index (χ0) is 14.7. The van der Waals surface area contributed by atoms with Crippen LogP contribution in [0.25, 0.3) is 0 Å². The van der Waals surface area contributed by atoms with Gasteiger partial charge in [-0.15, -0.1) is 0 Å². The molecule has 0 aromatic heterocycles. The van der Waals surface area contributed by atoms with E-state index < -0.39 is 5.97 Å². The second kappa shape index (κ2) is 6.43. The molecule has 2 atom stereocenters. The minimum absolute atomic E-state index is 0.0128. The molecule has 2 aliphatic rings. The number of hydrogen-bond acceptors (Lipinski definition) is 3. The summed E-state index contributed by atoms with van der Waals surface area (Å²) in [6.07, 6.45) is 3.23. The van der Waals surface area contributed by atoms with Gasteiger partial charge in [-0.05, 0) is 32.6 Å². The SMILES string of the molecule is COCCN(C(=O)N1CCC(C(=O)O)CC1C)C1CC1. The normalized spacial score (nSPS) is 26.4. The first kappa shape index (κ1) is 15.1. The number of rotatable bonds is 5. The van der Waals surface area contributed by atoms with Crippen LogP contribution in [0, 0.1) is 5.92 Å². The van der Waals surface area contributed by atoms with Crippen molar-refractivity contribution >= 4 is 12.0 Å². The molecule has 2 amide bonds. The number of ether oxygens (including phenoxy) is 1. The van der Waals surface area contributed by atoms with Crippen molar-refractivity contribution in [2.45, 2.75) is 44.7 Å². The minimum atomic E-state index is -0.748. The number of carboxylic acid groups (broad SMARTS) is 1. The molecule has 1 saturated heterocycles. The Balaban J connectivity index is 1.95. The van der Waals surface area contributed by atoms with Gasteiger partial charge in [-0.2, -0.15) is 0 Å². The molecule has 6 nitrogen and oxygen atoms in total. The Bertz CT molecular complexity index is 370. The molecule has 0 spiro atoms. The van der Waals surface area contributed by atoms with E-state index in [1.807, 2.05) is 16.7 Å². The van der Waals surface area contributed by atoms with Gasteiger partial charge in [-0.1, -0.05) is 0 Å². The molecule has 2 fully saturated rings. The van der Waals surface area contributed by atoms with Crippen molar-refractivity contribution in [2.24, 2.45) is 5.92 Å². The molecule has 0 bridgehead atoms. The Kier molecular flexibility index (Phi) is 4.86. The number of likely N-dealkylation sites (tertiary alicyclic amines) is 1. The van der Waals surface area contributed by atoms with Gasteiger partial charge in [0.05, 0.1) is 12.5 Å². The molecule has 20 heavy (non-hydrogen) atoms. The Hall–Kier alpha value is -1.30. The van der Waals surface area contributed by atoms with Crippen molar-refractivity contribution in [2.75, 3.05) is 26.8 Å². The van der Waals surface area contributed by atoms with Crippen molar-refractivity contribution in [1.29, 1.82) is 0 Å². The number of hydrogen-bond donors (Lipinski definition) is 1. The van der Waals surface area contributed by atoms with Crippen LogP contribution in [0.4, 0.5) is 4.79 Å². The average molecular weight is 284 g/mol. The lowest BCUT2D eigenvalue weighted by Crippen LogP contribution is -2.52. The highest BCUT2D eigenvalue weighted by Crippen LogP contribution is 2.30. The van der Waals surface area contributed by atoms with E-state index in [2.05, 4.69) is 0 Å². The summed E-state index contributed by atoms with van der Waals surface area (Å²) >= 11 is 0. The van der Waals surface area contributed by atoms with Crippen molar-refractivity contribution < 1.29 is 19.4 Å². The summed E-state index contributed by atoms with van der Waals surface area (Å²) < 4.78 is 5.07. The first-order valence-electron chi connectivity index (χ1n) is 7.33. The summed E-state index contributed by atoms with van der Waals surface area (Å²) in [5.74, 6) is -1.07. The van der Waals surface area contributed by atoms with Gasteiger partial charge < -0.3 is 19.6 Å². The maximum atomic E-state index is 12.6. The predicted molar refractivity (Wildman–Crippen MR) is 73.5 cm³/mol. The van der Waals surface area contributed by atoms with E-state index in [0.29, 0.717) is 38.6 Å². The number of carbonyl (C=O) groups is 2. The number of urea groups is 1. The largest absolute Gasteiger partial charge is 0.481 e.